The third kappa shape index (κ3) is 1.89. The molecule has 0 saturated carbocycles. The molecule has 0 unspecified atom stereocenters. The Morgan fingerprint density at radius 3 is 3.00 bits per heavy atom. The van der Waals surface area contributed by atoms with E-state index in [1.54, 1.807) is 11.3 Å². The molecule has 0 aliphatic heterocycles. The predicted molar refractivity (Wildman–Crippen MR) is 44.8 cm³/mol. The van der Waals surface area contributed by atoms with Crippen molar-refractivity contribution >= 4 is 45.7 Å². The standard InChI is InChI=1S/C5H2INOS/c6-5-1-4(2-9-5)7-3-8/h1-2H. The molecule has 1 aromatic rings. The molecule has 0 aliphatic carbocycles. The Morgan fingerprint density at radius 1 is 1.78 bits per heavy atom. The lowest BCUT2D eigenvalue weighted by Gasteiger charge is -1.70. The van der Waals surface area contributed by atoms with E-state index in [1.165, 1.54) is 6.08 Å². The number of nitrogens with zero attached hydrogens (tertiary/aromatic N) is 1. The lowest BCUT2D eigenvalue weighted by atomic mass is 10.6. The maximum atomic E-state index is 9.69. The average Bonchev–Trinajstić information content (AvgIpc) is 2.17. The summed E-state index contributed by atoms with van der Waals surface area (Å²) in [5.41, 5.74) is 0.694. The number of carbonyl (C=O) groups excluding carboxylic acids is 1. The highest BCUT2D eigenvalue weighted by molar-refractivity contribution is 14.1. The molecular formula is C5H2INOS. The van der Waals surface area contributed by atoms with Crippen molar-refractivity contribution in [1.82, 2.24) is 0 Å². The molecule has 1 rings (SSSR count). The van der Waals surface area contributed by atoms with Crippen LogP contribution in [0.4, 0.5) is 5.69 Å². The fraction of sp³-hybridized carbons (Fsp3) is 0. The summed E-state index contributed by atoms with van der Waals surface area (Å²) in [5, 5.41) is 1.81. The zero-order valence-electron chi connectivity index (χ0n) is 4.30. The molecule has 2 nitrogen and oxygen atoms in total. The zero-order valence-corrected chi connectivity index (χ0v) is 7.27. The normalized spacial score (nSPS) is 8.56. The number of halogens is 1. The summed E-state index contributed by atoms with van der Waals surface area (Å²) < 4.78 is 1.13. The molecule has 0 aliphatic rings. The number of hydrogen-bond acceptors (Lipinski definition) is 3. The Balaban J connectivity index is 2.97. The van der Waals surface area contributed by atoms with Gasteiger partial charge < -0.3 is 0 Å². The minimum absolute atomic E-state index is 0.694. The Kier molecular flexibility index (Phi) is 2.38. The molecule has 0 bridgehead atoms. The smallest absolute Gasteiger partial charge is 0.211 e. The molecule has 0 amide bonds. The Labute approximate surface area is 69.8 Å². The van der Waals surface area contributed by atoms with Crippen LogP contribution in [-0.2, 0) is 4.79 Å². The van der Waals surface area contributed by atoms with Gasteiger partial charge in [-0.3, -0.25) is 0 Å². The number of hydrogen-bond donors (Lipinski definition) is 0. The number of thiophene rings is 1. The molecule has 1 aromatic heterocycles. The molecule has 0 atom stereocenters. The van der Waals surface area contributed by atoms with Crippen molar-refractivity contribution in [2.75, 3.05) is 0 Å². The van der Waals surface area contributed by atoms with Crippen LogP contribution in [0.15, 0.2) is 16.4 Å². The van der Waals surface area contributed by atoms with Gasteiger partial charge >= 0.3 is 0 Å². The van der Waals surface area contributed by atoms with Crippen LogP contribution in [-0.4, -0.2) is 6.08 Å². The van der Waals surface area contributed by atoms with E-state index < -0.39 is 0 Å². The minimum atomic E-state index is 0.694. The molecule has 0 aromatic carbocycles. The van der Waals surface area contributed by atoms with Crippen LogP contribution in [0, 0.1) is 2.88 Å². The summed E-state index contributed by atoms with van der Waals surface area (Å²) in [7, 11) is 0. The van der Waals surface area contributed by atoms with E-state index in [9.17, 15) is 4.79 Å². The van der Waals surface area contributed by atoms with Crippen molar-refractivity contribution in [3.8, 4) is 0 Å². The summed E-state index contributed by atoms with van der Waals surface area (Å²) in [6, 6.07) is 1.83. The number of isocyanates is 1. The molecule has 46 valence electrons. The van der Waals surface area contributed by atoms with Gasteiger partial charge in [-0.15, -0.1) is 11.3 Å². The maximum Gasteiger partial charge on any atom is 0.240 e. The average molecular weight is 251 g/mol. The van der Waals surface area contributed by atoms with Crippen molar-refractivity contribution in [1.29, 1.82) is 0 Å². The maximum absolute atomic E-state index is 9.69. The second-order valence-electron chi connectivity index (χ2n) is 1.31. The molecular weight excluding hydrogens is 249 g/mol. The summed E-state index contributed by atoms with van der Waals surface area (Å²) >= 11 is 3.73. The number of rotatable bonds is 1. The lowest BCUT2D eigenvalue weighted by Crippen LogP contribution is -1.50. The minimum Gasteiger partial charge on any atom is -0.211 e. The van der Waals surface area contributed by atoms with E-state index in [2.05, 4.69) is 27.6 Å². The van der Waals surface area contributed by atoms with E-state index >= 15 is 0 Å². The van der Waals surface area contributed by atoms with Gasteiger partial charge in [0.25, 0.3) is 0 Å². The highest BCUT2D eigenvalue weighted by Gasteiger charge is 1.91. The third-order valence-corrected chi connectivity index (χ3v) is 2.50. The SMILES string of the molecule is O=C=Nc1csc(I)c1. The first-order chi connectivity index (χ1) is 4.33. The molecule has 0 spiro atoms. The first-order valence-electron chi connectivity index (χ1n) is 2.15. The van der Waals surface area contributed by atoms with Crippen LogP contribution in [0.2, 0.25) is 0 Å². The van der Waals surface area contributed by atoms with E-state index in [4.69, 9.17) is 0 Å². The quantitative estimate of drug-likeness (QED) is 0.428. The van der Waals surface area contributed by atoms with Gasteiger partial charge in [-0.05, 0) is 28.7 Å². The highest BCUT2D eigenvalue weighted by Crippen LogP contribution is 2.22. The molecule has 9 heavy (non-hydrogen) atoms. The first kappa shape index (κ1) is 6.92. The molecule has 0 fully saturated rings. The lowest BCUT2D eigenvalue weighted by molar-refractivity contribution is 0.565. The summed E-state index contributed by atoms with van der Waals surface area (Å²) in [6.45, 7) is 0. The fourth-order valence-electron chi connectivity index (χ4n) is 0.412. The van der Waals surface area contributed by atoms with Gasteiger partial charge in [0.05, 0.1) is 8.57 Å². The van der Waals surface area contributed by atoms with Gasteiger partial charge in [0.1, 0.15) is 0 Å². The molecule has 0 radical (unpaired) electrons. The van der Waals surface area contributed by atoms with Gasteiger partial charge in [-0.2, -0.15) is 4.99 Å². The zero-order chi connectivity index (χ0) is 6.69. The van der Waals surface area contributed by atoms with Gasteiger partial charge in [0.2, 0.25) is 6.08 Å². The highest BCUT2D eigenvalue weighted by atomic mass is 127. The van der Waals surface area contributed by atoms with Crippen LogP contribution < -0.4 is 0 Å². The van der Waals surface area contributed by atoms with E-state index in [1.807, 2.05) is 11.4 Å². The van der Waals surface area contributed by atoms with Crippen LogP contribution in [0.3, 0.4) is 0 Å². The van der Waals surface area contributed by atoms with Crippen molar-refractivity contribution in [3.05, 3.63) is 14.3 Å². The largest absolute Gasteiger partial charge is 0.240 e. The Bertz CT molecular complexity index is 251. The van der Waals surface area contributed by atoms with Gasteiger partial charge in [0.15, 0.2) is 0 Å². The molecule has 1 heterocycles. The van der Waals surface area contributed by atoms with Gasteiger partial charge in [-0.25, -0.2) is 4.79 Å². The summed E-state index contributed by atoms with van der Waals surface area (Å²) in [5.74, 6) is 0. The third-order valence-electron chi connectivity index (χ3n) is 0.728. The van der Waals surface area contributed by atoms with Crippen molar-refractivity contribution in [2.45, 2.75) is 0 Å². The van der Waals surface area contributed by atoms with Crippen LogP contribution in [0.25, 0.3) is 0 Å². The predicted octanol–water partition coefficient (Wildman–Crippen LogP) is 2.32. The first-order valence-corrected chi connectivity index (χ1v) is 4.10. The van der Waals surface area contributed by atoms with Crippen molar-refractivity contribution in [2.24, 2.45) is 4.99 Å². The Morgan fingerprint density at radius 2 is 2.56 bits per heavy atom. The topological polar surface area (TPSA) is 29.4 Å². The molecule has 4 heteroatoms. The fourth-order valence-corrected chi connectivity index (χ4v) is 1.66. The summed E-state index contributed by atoms with van der Waals surface area (Å²) in [4.78, 5) is 13.1. The van der Waals surface area contributed by atoms with Crippen LogP contribution in [0.5, 0.6) is 0 Å². The van der Waals surface area contributed by atoms with Crippen LogP contribution >= 0.6 is 33.9 Å². The van der Waals surface area contributed by atoms with Gasteiger partial charge in [-0.1, -0.05) is 0 Å². The van der Waals surface area contributed by atoms with Crippen molar-refractivity contribution < 1.29 is 4.79 Å². The molecule has 0 saturated heterocycles. The monoisotopic (exact) mass is 251 g/mol. The molecule has 0 N–H and O–H groups in total. The second kappa shape index (κ2) is 3.10. The Hall–Kier alpha value is -0.190. The second-order valence-corrected chi connectivity index (χ2v) is 4.12. The van der Waals surface area contributed by atoms with E-state index in [-0.39, 0.29) is 0 Å². The van der Waals surface area contributed by atoms with Crippen molar-refractivity contribution in [3.63, 3.8) is 0 Å². The van der Waals surface area contributed by atoms with E-state index in [0.717, 1.165) is 2.88 Å². The number of aliphatic imine (C=N–C) groups is 1. The summed E-state index contributed by atoms with van der Waals surface area (Å²) in [6.07, 6.45) is 1.48. The van der Waals surface area contributed by atoms with E-state index in [0.29, 0.717) is 5.69 Å². The van der Waals surface area contributed by atoms with Crippen LogP contribution in [0.1, 0.15) is 0 Å². The van der Waals surface area contributed by atoms with Gasteiger partial charge in [0, 0.05) is 5.38 Å².